The maximum atomic E-state index is 6.00. The first-order valence-corrected chi connectivity index (χ1v) is 7.09. The number of aromatic nitrogens is 2. The number of nitrogens with two attached hydrogens (primary N) is 1. The minimum atomic E-state index is 0.218. The second-order valence-electron chi connectivity index (χ2n) is 5.00. The van der Waals surface area contributed by atoms with Gasteiger partial charge in [0.15, 0.2) is 0 Å². The Morgan fingerprint density at radius 1 is 1.26 bits per heavy atom. The molecule has 3 nitrogen and oxygen atoms in total. The number of hydrogen-bond donors (Lipinski definition) is 1. The van der Waals surface area contributed by atoms with Crippen LogP contribution in [-0.2, 0) is 19.4 Å². The van der Waals surface area contributed by atoms with Crippen molar-refractivity contribution in [2.24, 2.45) is 5.73 Å². The van der Waals surface area contributed by atoms with Crippen molar-refractivity contribution in [1.82, 2.24) is 9.55 Å². The summed E-state index contributed by atoms with van der Waals surface area (Å²) < 4.78 is 2.23. The molecule has 2 aromatic rings. The quantitative estimate of drug-likeness (QED) is 0.829. The van der Waals surface area contributed by atoms with Gasteiger partial charge >= 0.3 is 0 Å². The second kappa shape index (κ2) is 7.10. The van der Waals surface area contributed by atoms with Gasteiger partial charge in [-0.2, -0.15) is 0 Å². The Labute approximate surface area is 115 Å². The highest BCUT2D eigenvalue weighted by atomic mass is 15.1. The van der Waals surface area contributed by atoms with Crippen LogP contribution in [0.5, 0.6) is 0 Å². The van der Waals surface area contributed by atoms with E-state index < -0.39 is 0 Å². The van der Waals surface area contributed by atoms with E-state index in [2.05, 4.69) is 53.0 Å². The summed E-state index contributed by atoms with van der Waals surface area (Å²) in [7, 11) is 0. The Kier molecular flexibility index (Phi) is 5.16. The molecule has 1 aromatic heterocycles. The lowest BCUT2D eigenvalue weighted by Crippen LogP contribution is -2.23. The molecule has 0 saturated heterocycles. The molecule has 2 N–H and O–H groups in total. The molecule has 0 aliphatic rings. The first kappa shape index (κ1) is 13.8. The number of rotatable bonds is 7. The van der Waals surface area contributed by atoms with Gasteiger partial charge in [-0.1, -0.05) is 37.3 Å². The van der Waals surface area contributed by atoms with Gasteiger partial charge in [0, 0.05) is 31.4 Å². The lowest BCUT2D eigenvalue weighted by molar-refractivity contribution is 0.564. The van der Waals surface area contributed by atoms with Crippen LogP contribution in [0, 0.1) is 0 Å². The van der Waals surface area contributed by atoms with Gasteiger partial charge < -0.3 is 10.3 Å². The third kappa shape index (κ3) is 4.21. The van der Waals surface area contributed by atoms with E-state index in [1.165, 1.54) is 5.56 Å². The van der Waals surface area contributed by atoms with Crippen LogP contribution in [0.1, 0.15) is 31.2 Å². The Morgan fingerprint density at radius 3 is 2.79 bits per heavy atom. The summed E-state index contributed by atoms with van der Waals surface area (Å²) in [6.45, 7) is 3.13. The molecule has 1 heterocycles. The van der Waals surface area contributed by atoms with Crippen molar-refractivity contribution >= 4 is 0 Å². The lowest BCUT2D eigenvalue weighted by Gasteiger charge is -2.11. The number of hydrogen-bond acceptors (Lipinski definition) is 2. The van der Waals surface area contributed by atoms with E-state index in [0.717, 1.165) is 38.1 Å². The first-order chi connectivity index (χ1) is 9.29. The average Bonchev–Trinajstić information content (AvgIpc) is 2.87. The normalized spacial score (nSPS) is 12.5. The zero-order valence-corrected chi connectivity index (χ0v) is 11.6. The van der Waals surface area contributed by atoms with Crippen molar-refractivity contribution in [3.05, 3.63) is 54.1 Å². The first-order valence-electron chi connectivity index (χ1n) is 7.09. The summed E-state index contributed by atoms with van der Waals surface area (Å²) in [6.07, 6.45) is 8.04. The van der Waals surface area contributed by atoms with Gasteiger partial charge in [-0.25, -0.2) is 4.98 Å². The second-order valence-corrected chi connectivity index (χ2v) is 5.00. The molecule has 3 heteroatoms. The summed E-state index contributed by atoms with van der Waals surface area (Å²) in [5.74, 6) is 1.11. The Balaban J connectivity index is 1.84. The Morgan fingerprint density at radius 2 is 2.05 bits per heavy atom. The lowest BCUT2D eigenvalue weighted by atomic mass is 10.1. The fourth-order valence-corrected chi connectivity index (χ4v) is 2.21. The van der Waals surface area contributed by atoms with Crippen LogP contribution in [0.25, 0.3) is 0 Å². The third-order valence-corrected chi connectivity index (χ3v) is 3.48. The molecule has 1 atom stereocenters. The molecular weight excluding hydrogens is 234 g/mol. The molecule has 1 unspecified atom stereocenters. The number of imidazole rings is 1. The molecule has 0 fully saturated rings. The highest BCUT2D eigenvalue weighted by molar-refractivity contribution is 5.14. The van der Waals surface area contributed by atoms with Gasteiger partial charge in [-0.15, -0.1) is 0 Å². The minimum absolute atomic E-state index is 0.218. The molecule has 2 rings (SSSR count). The largest absolute Gasteiger partial charge is 0.335 e. The highest BCUT2D eigenvalue weighted by Crippen LogP contribution is 2.07. The molecular formula is C16H23N3. The number of aryl methyl sites for hydroxylation is 2. The van der Waals surface area contributed by atoms with Crippen LogP contribution in [-0.4, -0.2) is 15.6 Å². The van der Waals surface area contributed by atoms with Crippen molar-refractivity contribution in [2.45, 2.75) is 45.2 Å². The fraction of sp³-hybridized carbons (Fsp3) is 0.438. The van der Waals surface area contributed by atoms with Gasteiger partial charge in [0.1, 0.15) is 5.82 Å². The van der Waals surface area contributed by atoms with Crippen molar-refractivity contribution in [2.75, 3.05) is 0 Å². The van der Waals surface area contributed by atoms with Gasteiger partial charge in [0.2, 0.25) is 0 Å². The Hall–Kier alpha value is -1.61. The van der Waals surface area contributed by atoms with Crippen LogP contribution >= 0.6 is 0 Å². The van der Waals surface area contributed by atoms with Gasteiger partial charge in [-0.05, 0) is 24.8 Å². The minimum Gasteiger partial charge on any atom is -0.335 e. The monoisotopic (exact) mass is 257 g/mol. The predicted octanol–water partition coefficient (Wildman–Crippen LogP) is 2.80. The van der Waals surface area contributed by atoms with Crippen molar-refractivity contribution in [3.8, 4) is 0 Å². The maximum absolute atomic E-state index is 6.00. The summed E-state index contributed by atoms with van der Waals surface area (Å²) >= 11 is 0. The third-order valence-electron chi connectivity index (χ3n) is 3.48. The van der Waals surface area contributed by atoms with E-state index in [4.69, 9.17) is 5.73 Å². The van der Waals surface area contributed by atoms with Crippen molar-refractivity contribution in [3.63, 3.8) is 0 Å². The van der Waals surface area contributed by atoms with Crippen molar-refractivity contribution in [1.29, 1.82) is 0 Å². The van der Waals surface area contributed by atoms with Crippen LogP contribution in [0.2, 0.25) is 0 Å². The smallest absolute Gasteiger partial charge is 0.110 e. The Bertz CT molecular complexity index is 476. The van der Waals surface area contributed by atoms with E-state index in [1.807, 2.05) is 6.20 Å². The van der Waals surface area contributed by atoms with Gasteiger partial charge in [0.05, 0.1) is 0 Å². The van der Waals surface area contributed by atoms with Gasteiger partial charge in [-0.3, -0.25) is 0 Å². The molecule has 1 aromatic carbocycles. The molecule has 0 aliphatic carbocycles. The maximum Gasteiger partial charge on any atom is 0.110 e. The molecule has 0 radical (unpaired) electrons. The average molecular weight is 257 g/mol. The van der Waals surface area contributed by atoms with Crippen LogP contribution < -0.4 is 5.73 Å². The molecule has 0 amide bonds. The molecule has 0 spiro atoms. The highest BCUT2D eigenvalue weighted by Gasteiger charge is 2.07. The van der Waals surface area contributed by atoms with E-state index in [-0.39, 0.29) is 6.04 Å². The predicted molar refractivity (Wildman–Crippen MR) is 79.0 cm³/mol. The summed E-state index contributed by atoms with van der Waals surface area (Å²) in [4.78, 5) is 4.41. The van der Waals surface area contributed by atoms with E-state index in [9.17, 15) is 0 Å². The van der Waals surface area contributed by atoms with Gasteiger partial charge in [0.25, 0.3) is 0 Å². The van der Waals surface area contributed by atoms with E-state index in [1.54, 1.807) is 0 Å². The molecule has 0 saturated carbocycles. The zero-order valence-electron chi connectivity index (χ0n) is 11.6. The van der Waals surface area contributed by atoms with Crippen molar-refractivity contribution < 1.29 is 0 Å². The molecule has 19 heavy (non-hydrogen) atoms. The summed E-state index contributed by atoms with van der Waals surface area (Å²) in [5.41, 5.74) is 7.40. The fourth-order valence-electron chi connectivity index (χ4n) is 2.21. The van der Waals surface area contributed by atoms with Crippen LogP contribution in [0.3, 0.4) is 0 Å². The SMILES string of the molecule is CCC(N)Cc1nccn1CCCc1ccccc1. The molecule has 0 aliphatic heterocycles. The van der Waals surface area contributed by atoms with Crippen LogP contribution in [0.4, 0.5) is 0 Å². The number of benzene rings is 1. The summed E-state index contributed by atoms with van der Waals surface area (Å²) in [5, 5.41) is 0. The zero-order chi connectivity index (χ0) is 13.5. The van der Waals surface area contributed by atoms with Crippen LogP contribution in [0.15, 0.2) is 42.7 Å². The standard InChI is InChI=1S/C16H23N3/c1-2-15(17)13-16-18-10-12-19(16)11-6-9-14-7-4-3-5-8-14/h3-5,7-8,10,12,15H,2,6,9,11,13,17H2,1H3. The number of nitrogens with zero attached hydrogens (tertiary/aromatic N) is 2. The topological polar surface area (TPSA) is 43.8 Å². The molecule has 0 bridgehead atoms. The molecule has 102 valence electrons. The van der Waals surface area contributed by atoms with E-state index in [0.29, 0.717) is 0 Å². The van der Waals surface area contributed by atoms with E-state index >= 15 is 0 Å². The summed E-state index contributed by atoms with van der Waals surface area (Å²) in [6, 6.07) is 10.8.